The van der Waals surface area contributed by atoms with Gasteiger partial charge in [-0.25, -0.2) is 0 Å². The number of hydrogen-bond donors (Lipinski definition) is 1. The molecule has 0 aliphatic carbocycles. The van der Waals surface area contributed by atoms with Gasteiger partial charge in [0.25, 0.3) is 0 Å². The van der Waals surface area contributed by atoms with Crippen molar-refractivity contribution >= 4 is 0 Å². The third kappa shape index (κ3) is 3.44. The molecule has 0 spiro atoms. The maximum absolute atomic E-state index is 5.60. The van der Waals surface area contributed by atoms with Gasteiger partial charge in [0.1, 0.15) is 0 Å². The van der Waals surface area contributed by atoms with E-state index in [2.05, 4.69) is 37.9 Å². The Morgan fingerprint density at radius 3 is 2.53 bits per heavy atom. The lowest BCUT2D eigenvalue weighted by Crippen LogP contribution is -2.50. The molecule has 0 aromatic carbocycles. The normalized spacial score (nSPS) is 31.4. The Bertz CT molecular complexity index is 182. The smallest absolute Gasteiger partial charge is 0.0726 e. The van der Waals surface area contributed by atoms with Crippen molar-refractivity contribution in [2.45, 2.75) is 45.8 Å². The van der Waals surface area contributed by atoms with Gasteiger partial charge < -0.3 is 15.0 Å². The first kappa shape index (κ1) is 12.9. The number of nitrogens with one attached hydrogen (secondary N) is 1. The lowest BCUT2D eigenvalue weighted by atomic mass is 9.95. The highest BCUT2D eigenvalue weighted by Crippen LogP contribution is 2.24. The van der Waals surface area contributed by atoms with E-state index in [4.69, 9.17) is 4.74 Å². The van der Waals surface area contributed by atoms with Gasteiger partial charge in [-0.15, -0.1) is 0 Å². The monoisotopic (exact) mass is 214 g/mol. The van der Waals surface area contributed by atoms with E-state index in [9.17, 15) is 0 Å². The lowest BCUT2D eigenvalue weighted by molar-refractivity contribution is 0.0876. The zero-order valence-corrected chi connectivity index (χ0v) is 10.7. The zero-order valence-electron chi connectivity index (χ0n) is 10.7. The minimum atomic E-state index is 0.188. The molecule has 0 saturated carbocycles. The summed E-state index contributed by atoms with van der Waals surface area (Å²) in [7, 11) is 0. The topological polar surface area (TPSA) is 24.5 Å². The first-order valence-corrected chi connectivity index (χ1v) is 6.21. The molecule has 0 amide bonds. The summed E-state index contributed by atoms with van der Waals surface area (Å²) in [6.45, 7) is 14.2. The molecule has 2 atom stereocenters. The Morgan fingerprint density at radius 2 is 2.07 bits per heavy atom. The standard InChI is InChI=1S/C12H26N2O/c1-5-14(6-2)9-8-13-12(4)7-10-15-11(12)3/h11,13H,5-10H2,1-4H3. The van der Waals surface area contributed by atoms with Gasteiger partial charge in [0.05, 0.1) is 6.10 Å². The molecule has 0 aromatic heterocycles. The van der Waals surface area contributed by atoms with Gasteiger partial charge in [0.2, 0.25) is 0 Å². The van der Waals surface area contributed by atoms with Crippen molar-refractivity contribution in [1.82, 2.24) is 10.2 Å². The number of nitrogens with zero attached hydrogens (tertiary/aromatic N) is 1. The summed E-state index contributed by atoms with van der Waals surface area (Å²) < 4.78 is 5.60. The van der Waals surface area contributed by atoms with Crippen LogP contribution in [0.4, 0.5) is 0 Å². The van der Waals surface area contributed by atoms with Gasteiger partial charge in [0.15, 0.2) is 0 Å². The van der Waals surface area contributed by atoms with Gasteiger partial charge >= 0.3 is 0 Å². The fraction of sp³-hybridized carbons (Fsp3) is 1.00. The van der Waals surface area contributed by atoms with Crippen molar-refractivity contribution in [3.05, 3.63) is 0 Å². The number of ether oxygens (including phenoxy) is 1. The summed E-state index contributed by atoms with van der Waals surface area (Å²) in [5.41, 5.74) is 0.188. The van der Waals surface area contributed by atoms with Crippen LogP contribution < -0.4 is 5.32 Å². The molecule has 90 valence electrons. The van der Waals surface area contributed by atoms with E-state index in [1.807, 2.05) is 0 Å². The summed E-state index contributed by atoms with van der Waals surface area (Å²) >= 11 is 0. The predicted molar refractivity (Wildman–Crippen MR) is 64.2 cm³/mol. The van der Waals surface area contributed by atoms with Crippen LogP contribution in [0.5, 0.6) is 0 Å². The molecule has 1 rings (SSSR count). The molecule has 3 nitrogen and oxygen atoms in total. The van der Waals surface area contributed by atoms with Crippen LogP contribution in [0, 0.1) is 0 Å². The molecule has 15 heavy (non-hydrogen) atoms. The van der Waals surface area contributed by atoms with Crippen molar-refractivity contribution in [2.75, 3.05) is 32.8 Å². The van der Waals surface area contributed by atoms with Crippen LogP contribution in [-0.2, 0) is 4.74 Å². The summed E-state index contributed by atoms with van der Waals surface area (Å²) in [5, 5.41) is 3.64. The van der Waals surface area contributed by atoms with Crippen molar-refractivity contribution in [1.29, 1.82) is 0 Å². The van der Waals surface area contributed by atoms with Crippen LogP contribution in [-0.4, -0.2) is 49.3 Å². The van der Waals surface area contributed by atoms with Crippen LogP contribution in [0.1, 0.15) is 34.1 Å². The van der Waals surface area contributed by atoms with Crippen LogP contribution in [0.2, 0.25) is 0 Å². The maximum atomic E-state index is 5.60. The second-order valence-corrected chi connectivity index (χ2v) is 4.63. The Labute approximate surface area is 94.2 Å². The van der Waals surface area contributed by atoms with Gasteiger partial charge in [-0.3, -0.25) is 0 Å². The molecular weight excluding hydrogens is 188 g/mol. The summed E-state index contributed by atoms with van der Waals surface area (Å²) in [4.78, 5) is 2.44. The van der Waals surface area contributed by atoms with Gasteiger partial charge in [-0.05, 0) is 33.4 Å². The summed E-state index contributed by atoms with van der Waals surface area (Å²) in [5.74, 6) is 0. The van der Waals surface area contributed by atoms with Gasteiger partial charge in [-0.2, -0.15) is 0 Å². The average Bonchev–Trinajstić information content (AvgIpc) is 2.55. The van der Waals surface area contributed by atoms with E-state index in [0.29, 0.717) is 6.10 Å². The zero-order chi connectivity index (χ0) is 11.3. The highest BCUT2D eigenvalue weighted by molar-refractivity contribution is 4.93. The maximum Gasteiger partial charge on any atom is 0.0726 e. The van der Waals surface area contributed by atoms with E-state index >= 15 is 0 Å². The minimum Gasteiger partial charge on any atom is -0.377 e. The van der Waals surface area contributed by atoms with Crippen LogP contribution in [0.3, 0.4) is 0 Å². The second-order valence-electron chi connectivity index (χ2n) is 4.63. The van der Waals surface area contributed by atoms with Crippen molar-refractivity contribution in [3.8, 4) is 0 Å². The fourth-order valence-corrected chi connectivity index (χ4v) is 2.11. The fourth-order valence-electron chi connectivity index (χ4n) is 2.11. The highest BCUT2D eigenvalue weighted by atomic mass is 16.5. The number of hydrogen-bond acceptors (Lipinski definition) is 3. The molecule has 0 aromatic rings. The predicted octanol–water partition coefficient (Wildman–Crippen LogP) is 1.49. The molecular formula is C12H26N2O. The van der Waals surface area contributed by atoms with E-state index < -0.39 is 0 Å². The first-order chi connectivity index (χ1) is 7.12. The molecule has 1 saturated heterocycles. The number of likely N-dealkylation sites (N-methyl/N-ethyl adjacent to an activating group) is 1. The molecule has 0 bridgehead atoms. The third-order valence-electron chi connectivity index (χ3n) is 3.74. The Balaban J connectivity index is 2.24. The first-order valence-electron chi connectivity index (χ1n) is 6.21. The highest BCUT2D eigenvalue weighted by Gasteiger charge is 2.36. The van der Waals surface area contributed by atoms with E-state index in [0.717, 1.165) is 39.2 Å². The number of rotatable bonds is 6. The van der Waals surface area contributed by atoms with Crippen molar-refractivity contribution < 1.29 is 4.74 Å². The molecule has 1 fully saturated rings. The van der Waals surface area contributed by atoms with Gasteiger partial charge in [-0.1, -0.05) is 13.8 Å². The van der Waals surface area contributed by atoms with E-state index in [1.165, 1.54) is 0 Å². The third-order valence-corrected chi connectivity index (χ3v) is 3.74. The molecule has 1 aliphatic heterocycles. The van der Waals surface area contributed by atoms with Gasteiger partial charge in [0, 0.05) is 25.2 Å². The molecule has 0 radical (unpaired) electrons. The SMILES string of the molecule is CCN(CC)CCNC1(C)CCOC1C. The summed E-state index contributed by atoms with van der Waals surface area (Å²) in [6, 6.07) is 0. The minimum absolute atomic E-state index is 0.188. The Hall–Kier alpha value is -0.120. The van der Waals surface area contributed by atoms with E-state index in [-0.39, 0.29) is 5.54 Å². The summed E-state index contributed by atoms with van der Waals surface area (Å²) in [6.07, 6.45) is 1.47. The van der Waals surface area contributed by atoms with Crippen LogP contribution in [0.15, 0.2) is 0 Å². The van der Waals surface area contributed by atoms with Crippen LogP contribution >= 0.6 is 0 Å². The largest absolute Gasteiger partial charge is 0.377 e. The lowest BCUT2D eigenvalue weighted by Gasteiger charge is -2.30. The average molecular weight is 214 g/mol. The van der Waals surface area contributed by atoms with E-state index in [1.54, 1.807) is 0 Å². The molecule has 3 heteroatoms. The van der Waals surface area contributed by atoms with Crippen molar-refractivity contribution in [3.63, 3.8) is 0 Å². The Morgan fingerprint density at radius 1 is 1.40 bits per heavy atom. The van der Waals surface area contributed by atoms with Crippen molar-refractivity contribution in [2.24, 2.45) is 0 Å². The molecule has 2 unspecified atom stereocenters. The second kappa shape index (κ2) is 5.83. The molecule has 1 heterocycles. The molecule has 1 N–H and O–H groups in total. The van der Waals surface area contributed by atoms with Crippen LogP contribution in [0.25, 0.3) is 0 Å². The quantitative estimate of drug-likeness (QED) is 0.725. The Kier molecular flexibility index (Phi) is 5.03. The molecule has 1 aliphatic rings.